The summed E-state index contributed by atoms with van der Waals surface area (Å²) in [5.74, 6) is 0.495. The van der Waals surface area contributed by atoms with Crippen molar-refractivity contribution >= 4 is 23.0 Å². The Labute approximate surface area is 113 Å². The van der Waals surface area contributed by atoms with Crippen LogP contribution < -0.4 is 21.1 Å². The minimum absolute atomic E-state index is 0.0482. The third-order valence-electron chi connectivity index (χ3n) is 3.27. The monoisotopic (exact) mass is 263 g/mol. The second-order valence-electron chi connectivity index (χ2n) is 4.81. The molecule has 0 bridgehead atoms. The van der Waals surface area contributed by atoms with Gasteiger partial charge in [-0.15, -0.1) is 0 Å². The number of hydrogen-bond acceptors (Lipinski definition) is 4. The predicted molar refractivity (Wildman–Crippen MR) is 77.6 cm³/mol. The second kappa shape index (κ2) is 5.82. The predicted octanol–water partition coefficient (Wildman–Crippen LogP) is 2.59. The van der Waals surface area contributed by atoms with E-state index in [0.29, 0.717) is 23.2 Å². The van der Waals surface area contributed by atoms with Crippen molar-refractivity contribution in [3.8, 4) is 5.75 Å². The van der Waals surface area contributed by atoms with Gasteiger partial charge in [-0.1, -0.05) is 20.3 Å². The molecule has 104 valence electrons. The van der Waals surface area contributed by atoms with Crippen LogP contribution >= 0.6 is 0 Å². The molecule has 0 radical (unpaired) electrons. The fourth-order valence-corrected chi connectivity index (χ4v) is 2.21. The van der Waals surface area contributed by atoms with Gasteiger partial charge in [0.25, 0.3) is 5.91 Å². The first-order valence-electron chi connectivity index (χ1n) is 6.76. The molecule has 1 unspecified atom stereocenters. The minimum atomic E-state index is -0.135. The lowest BCUT2D eigenvalue weighted by Crippen LogP contribution is -2.26. The molecule has 2 rings (SSSR count). The Morgan fingerprint density at radius 2 is 2.26 bits per heavy atom. The van der Waals surface area contributed by atoms with E-state index in [2.05, 4.69) is 24.5 Å². The summed E-state index contributed by atoms with van der Waals surface area (Å²) in [5, 5.41) is 6.22. The van der Waals surface area contributed by atoms with Crippen LogP contribution in [0.25, 0.3) is 0 Å². The maximum Gasteiger partial charge on any atom is 0.262 e. The average Bonchev–Trinajstić information content (AvgIpc) is 2.39. The third kappa shape index (κ3) is 3.10. The van der Waals surface area contributed by atoms with Gasteiger partial charge in [0, 0.05) is 12.1 Å². The van der Waals surface area contributed by atoms with Gasteiger partial charge >= 0.3 is 0 Å². The molecule has 4 N–H and O–H groups in total. The van der Waals surface area contributed by atoms with Crippen molar-refractivity contribution in [3.63, 3.8) is 0 Å². The van der Waals surface area contributed by atoms with E-state index in [1.807, 2.05) is 6.07 Å². The summed E-state index contributed by atoms with van der Waals surface area (Å²) in [4.78, 5) is 11.3. The molecule has 1 heterocycles. The molecule has 0 fully saturated rings. The van der Waals surface area contributed by atoms with Crippen LogP contribution in [-0.2, 0) is 4.79 Å². The van der Waals surface area contributed by atoms with E-state index in [0.717, 1.165) is 24.9 Å². The summed E-state index contributed by atoms with van der Waals surface area (Å²) in [7, 11) is 0. The fraction of sp³-hybridized carbons (Fsp3) is 0.500. The normalized spacial score (nSPS) is 15.2. The lowest BCUT2D eigenvalue weighted by molar-refractivity contribution is -0.118. The molecule has 1 aromatic carbocycles. The highest BCUT2D eigenvalue weighted by Gasteiger charge is 2.18. The van der Waals surface area contributed by atoms with Gasteiger partial charge < -0.3 is 21.1 Å². The molecule has 5 nitrogen and oxygen atoms in total. The Kier molecular flexibility index (Phi) is 4.14. The zero-order valence-corrected chi connectivity index (χ0v) is 11.5. The molecule has 1 amide bonds. The summed E-state index contributed by atoms with van der Waals surface area (Å²) in [6.45, 7) is 4.36. The van der Waals surface area contributed by atoms with Crippen LogP contribution in [0.5, 0.6) is 5.75 Å². The van der Waals surface area contributed by atoms with Crippen molar-refractivity contribution in [3.05, 3.63) is 12.1 Å². The first-order chi connectivity index (χ1) is 9.13. The van der Waals surface area contributed by atoms with E-state index < -0.39 is 0 Å². The van der Waals surface area contributed by atoms with E-state index in [1.54, 1.807) is 6.07 Å². The number of amides is 1. The topological polar surface area (TPSA) is 76.4 Å². The highest BCUT2D eigenvalue weighted by Crippen LogP contribution is 2.35. The molecule has 0 spiro atoms. The van der Waals surface area contributed by atoms with Crippen molar-refractivity contribution in [2.24, 2.45) is 0 Å². The minimum Gasteiger partial charge on any atom is -0.482 e. The van der Waals surface area contributed by atoms with Crippen molar-refractivity contribution in [2.45, 2.75) is 39.2 Å². The molecule has 0 aliphatic carbocycles. The number of fused-ring (bicyclic) bond motifs is 1. The van der Waals surface area contributed by atoms with Crippen molar-refractivity contribution in [1.82, 2.24) is 0 Å². The van der Waals surface area contributed by atoms with Crippen LogP contribution in [-0.4, -0.2) is 18.6 Å². The average molecular weight is 263 g/mol. The molecule has 0 saturated heterocycles. The van der Waals surface area contributed by atoms with Gasteiger partial charge in [0.1, 0.15) is 5.75 Å². The number of benzene rings is 1. The van der Waals surface area contributed by atoms with E-state index in [9.17, 15) is 4.79 Å². The van der Waals surface area contributed by atoms with Gasteiger partial charge in [-0.05, 0) is 18.9 Å². The molecular weight excluding hydrogens is 242 g/mol. The molecule has 1 aliphatic rings. The van der Waals surface area contributed by atoms with Crippen LogP contribution in [0.4, 0.5) is 17.1 Å². The fourth-order valence-electron chi connectivity index (χ4n) is 2.21. The number of carbonyl (C=O) groups excluding carboxylic acids is 1. The van der Waals surface area contributed by atoms with Crippen LogP contribution in [0.1, 0.15) is 33.1 Å². The van der Waals surface area contributed by atoms with E-state index >= 15 is 0 Å². The number of nitrogen functional groups attached to an aromatic ring is 1. The molecule has 5 heteroatoms. The summed E-state index contributed by atoms with van der Waals surface area (Å²) < 4.78 is 5.33. The summed E-state index contributed by atoms with van der Waals surface area (Å²) >= 11 is 0. The first-order valence-corrected chi connectivity index (χ1v) is 6.76. The smallest absolute Gasteiger partial charge is 0.262 e. The number of nitrogens with two attached hydrogens (primary N) is 1. The molecule has 1 atom stereocenters. The third-order valence-corrected chi connectivity index (χ3v) is 3.27. The van der Waals surface area contributed by atoms with E-state index in [4.69, 9.17) is 10.5 Å². The SMILES string of the molecule is CCCC(CC)Nc1cc2c(cc1N)OCC(=O)N2. The van der Waals surface area contributed by atoms with Crippen LogP contribution in [0.3, 0.4) is 0 Å². The zero-order chi connectivity index (χ0) is 13.8. The quantitative estimate of drug-likeness (QED) is 0.714. The lowest BCUT2D eigenvalue weighted by atomic mass is 10.1. The van der Waals surface area contributed by atoms with Gasteiger partial charge in [-0.3, -0.25) is 4.79 Å². The van der Waals surface area contributed by atoms with Gasteiger partial charge in [0.05, 0.1) is 17.1 Å². The van der Waals surface area contributed by atoms with Gasteiger partial charge in [-0.2, -0.15) is 0 Å². The summed E-state index contributed by atoms with van der Waals surface area (Å²) in [6.07, 6.45) is 3.25. The van der Waals surface area contributed by atoms with Gasteiger partial charge in [0.15, 0.2) is 6.61 Å². The first kappa shape index (κ1) is 13.5. The summed E-state index contributed by atoms with van der Waals surface area (Å²) in [6, 6.07) is 4.00. The molecular formula is C14H21N3O2. The molecule has 0 saturated carbocycles. The van der Waals surface area contributed by atoms with E-state index in [1.165, 1.54) is 0 Å². The number of nitrogens with one attached hydrogen (secondary N) is 2. The Balaban J connectivity index is 2.21. The largest absolute Gasteiger partial charge is 0.482 e. The van der Waals surface area contributed by atoms with Crippen LogP contribution in [0, 0.1) is 0 Å². The molecule has 19 heavy (non-hydrogen) atoms. The standard InChI is InChI=1S/C14H21N3O2/c1-3-5-9(4-2)16-11-7-12-13(6-10(11)15)19-8-14(18)17-12/h6-7,9,16H,3-5,8,15H2,1-2H3,(H,17,18). The second-order valence-corrected chi connectivity index (χ2v) is 4.81. The maximum absolute atomic E-state index is 11.3. The lowest BCUT2D eigenvalue weighted by Gasteiger charge is -2.23. The number of anilines is 3. The van der Waals surface area contributed by atoms with Crippen molar-refractivity contribution < 1.29 is 9.53 Å². The highest BCUT2D eigenvalue weighted by molar-refractivity contribution is 5.97. The van der Waals surface area contributed by atoms with Crippen LogP contribution in [0.2, 0.25) is 0 Å². The molecule has 1 aromatic rings. The number of ether oxygens (including phenoxy) is 1. The van der Waals surface area contributed by atoms with Gasteiger partial charge in [-0.25, -0.2) is 0 Å². The van der Waals surface area contributed by atoms with Gasteiger partial charge in [0.2, 0.25) is 0 Å². The highest BCUT2D eigenvalue weighted by atomic mass is 16.5. The number of carbonyl (C=O) groups is 1. The molecule has 0 aromatic heterocycles. The zero-order valence-electron chi connectivity index (χ0n) is 11.5. The Morgan fingerprint density at radius 3 is 2.95 bits per heavy atom. The Morgan fingerprint density at radius 1 is 1.47 bits per heavy atom. The maximum atomic E-state index is 11.3. The van der Waals surface area contributed by atoms with Crippen LogP contribution in [0.15, 0.2) is 12.1 Å². The van der Waals surface area contributed by atoms with Crippen molar-refractivity contribution in [2.75, 3.05) is 23.0 Å². The van der Waals surface area contributed by atoms with E-state index in [-0.39, 0.29) is 12.5 Å². The Bertz CT molecular complexity index is 474. The summed E-state index contributed by atoms with van der Waals surface area (Å²) in [5.41, 5.74) is 8.20. The number of hydrogen-bond donors (Lipinski definition) is 3. The number of rotatable bonds is 5. The van der Waals surface area contributed by atoms with Crippen molar-refractivity contribution in [1.29, 1.82) is 0 Å². The Hall–Kier alpha value is -1.91. The molecule has 1 aliphatic heterocycles.